The van der Waals surface area contributed by atoms with E-state index in [2.05, 4.69) is 29.6 Å². The van der Waals surface area contributed by atoms with Crippen molar-refractivity contribution in [1.29, 1.82) is 0 Å². The van der Waals surface area contributed by atoms with E-state index in [1.54, 1.807) is 0 Å². The van der Waals surface area contributed by atoms with Crippen LogP contribution in [0.4, 0.5) is 0 Å². The molecule has 1 aliphatic rings. The van der Waals surface area contributed by atoms with Gasteiger partial charge in [-0.25, -0.2) is 0 Å². The molecule has 1 fully saturated rings. The summed E-state index contributed by atoms with van der Waals surface area (Å²) >= 11 is 0. The summed E-state index contributed by atoms with van der Waals surface area (Å²) in [6, 6.07) is 9.32. The molecule has 0 saturated heterocycles. The Bertz CT molecular complexity index is 345. The van der Waals surface area contributed by atoms with Crippen LogP contribution in [0.15, 0.2) is 24.3 Å². The largest absolute Gasteiger partial charge is 0.377 e. The highest BCUT2D eigenvalue weighted by Crippen LogP contribution is 2.18. The van der Waals surface area contributed by atoms with Crippen LogP contribution in [0.5, 0.6) is 0 Å². The fourth-order valence-corrected chi connectivity index (χ4v) is 2.64. The minimum absolute atomic E-state index is 0.721. The van der Waals surface area contributed by atoms with Crippen LogP contribution < -0.4 is 5.32 Å². The normalized spacial score (nSPS) is 16.9. The summed E-state index contributed by atoms with van der Waals surface area (Å²) in [5, 5.41) is 3.70. The maximum atomic E-state index is 5.52. The van der Waals surface area contributed by atoms with Gasteiger partial charge in [-0.15, -0.1) is 0 Å². The first-order valence-corrected chi connectivity index (χ1v) is 7.28. The lowest BCUT2D eigenvalue weighted by molar-refractivity contribution is 0.133. The van der Waals surface area contributed by atoms with Gasteiger partial charge in [-0.3, -0.25) is 0 Å². The predicted octanol–water partition coefficient (Wildman–Crippen LogP) is 3.65. The second-order valence-corrected chi connectivity index (χ2v) is 5.12. The van der Waals surface area contributed by atoms with E-state index >= 15 is 0 Å². The van der Waals surface area contributed by atoms with Crippen LogP contribution in [0, 0.1) is 0 Å². The summed E-state index contributed by atoms with van der Waals surface area (Å²) < 4.78 is 5.52. The molecule has 0 atom stereocenters. The van der Waals surface area contributed by atoms with E-state index in [0.29, 0.717) is 0 Å². The summed E-state index contributed by atoms with van der Waals surface area (Å²) in [7, 11) is 0. The first-order valence-electron chi connectivity index (χ1n) is 7.28. The fourth-order valence-electron chi connectivity index (χ4n) is 2.64. The lowest BCUT2D eigenvalue weighted by Crippen LogP contribution is -2.30. The molecule has 2 nitrogen and oxygen atoms in total. The van der Waals surface area contributed by atoms with Crippen molar-refractivity contribution in [1.82, 2.24) is 5.32 Å². The quantitative estimate of drug-likeness (QED) is 0.828. The molecule has 18 heavy (non-hydrogen) atoms. The van der Waals surface area contributed by atoms with Gasteiger partial charge in [0, 0.05) is 19.2 Å². The van der Waals surface area contributed by atoms with E-state index in [9.17, 15) is 0 Å². The second-order valence-electron chi connectivity index (χ2n) is 5.12. The number of hydrogen-bond acceptors (Lipinski definition) is 2. The van der Waals surface area contributed by atoms with E-state index in [1.165, 1.54) is 43.2 Å². The minimum Gasteiger partial charge on any atom is -0.377 e. The van der Waals surface area contributed by atoms with Crippen molar-refractivity contribution in [2.24, 2.45) is 0 Å². The average Bonchev–Trinajstić information content (AvgIpc) is 2.45. The van der Waals surface area contributed by atoms with Crippen LogP contribution in [-0.2, 0) is 17.9 Å². The van der Waals surface area contributed by atoms with Gasteiger partial charge in [-0.1, -0.05) is 43.5 Å². The summed E-state index contributed by atoms with van der Waals surface area (Å²) in [4.78, 5) is 0. The Morgan fingerprint density at radius 3 is 2.56 bits per heavy atom. The Hall–Kier alpha value is -0.860. The van der Waals surface area contributed by atoms with Gasteiger partial charge in [0.15, 0.2) is 0 Å². The van der Waals surface area contributed by atoms with Crippen molar-refractivity contribution in [3.05, 3.63) is 35.4 Å². The Morgan fingerprint density at radius 1 is 1.11 bits per heavy atom. The SMILES string of the molecule is CCOCc1ccccc1CNC1CCCCC1. The van der Waals surface area contributed by atoms with Crippen LogP contribution in [-0.4, -0.2) is 12.6 Å². The standard InChI is InChI=1S/C16H25NO/c1-2-18-13-15-9-7-6-8-14(15)12-17-16-10-4-3-5-11-16/h6-9,16-17H,2-5,10-13H2,1H3. The molecule has 1 N–H and O–H groups in total. The highest BCUT2D eigenvalue weighted by atomic mass is 16.5. The lowest BCUT2D eigenvalue weighted by Gasteiger charge is -2.23. The van der Waals surface area contributed by atoms with E-state index < -0.39 is 0 Å². The van der Waals surface area contributed by atoms with Crippen LogP contribution in [0.3, 0.4) is 0 Å². The summed E-state index contributed by atoms with van der Waals surface area (Å²) in [5.74, 6) is 0. The molecule has 0 aromatic heterocycles. The maximum Gasteiger partial charge on any atom is 0.0719 e. The topological polar surface area (TPSA) is 21.3 Å². The zero-order valence-electron chi connectivity index (χ0n) is 11.5. The molecule has 2 heteroatoms. The third kappa shape index (κ3) is 4.11. The molecule has 1 saturated carbocycles. The zero-order valence-corrected chi connectivity index (χ0v) is 11.5. The van der Waals surface area contributed by atoms with Gasteiger partial charge in [0.1, 0.15) is 0 Å². The molecular weight excluding hydrogens is 222 g/mol. The number of ether oxygens (including phenoxy) is 1. The minimum atomic E-state index is 0.721. The Labute approximate surface area is 111 Å². The molecule has 1 aromatic carbocycles. The van der Waals surface area contributed by atoms with Gasteiger partial charge in [-0.05, 0) is 30.9 Å². The number of rotatable bonds is 6. The first kappa shape index (κ1) is 13.6. The number of hydrogen-bond donors (Lipinski definition) is 1. The number of nitrogens with one attached hydrogen (secondary N) is 1. The molecule has 0 heterocycles. The smallest absolute Gasteiger partial charge is 0.0719 e. The van der Waals surface area contributed by atoms with E-state index in [-0.39, 0.29) is 0 Å². The van der Waals surface area contributed by atoms with Crippen LogP contribution in [0.2, 0.25) is 0 Å². The highest BCUT2D eigenvalue weighted by Gasteiger charge is 2.12. The fraction of sp³-hybridized carbons (Fsp3) is 0.625. The Balaban J connectivity index is 1.87. The van der Waals surface area contributed by atoms with Gasteiger partial charge in [0.05, 0.1) is 6.61 Å². The molecule has 1 aliphatic carbocycles. The molecule has 0 radical (unpaired) electrons. The summed E-state index contributed by atoms with van der Waals surface area (Å²) in [6.45, 7) is 4.54. The molecular formula is C16H25NO. The third-order valence-corrected chi connectivity index (χ3v) is 3.77. The average molecular weight is 247 g/mol. The van der Waals surface area contributed by atoms with Gasteiger partial charge in [0.25, 0.3) is 0 Å². The monoisotopic (exact) mass is 247 g/mol. The van der Waals surface area contributed by atoms with Crippen molar-refractivity contribution in [3.8, 4) is 0 Å². The third-order valence-electron chi connectivity index (χ3n) is 3.77. The molecule has 2 rings (SSSR count). The zero-order chi connectivity index (χ0) is 12.6. The lowest BCUT2D eigenvalue weighted by atomic mass is 9.95. The molecule has 0 bridgehead atoms. The molecule has 1 aromatic rings. The van der Waals surface area contributed by atoms with Gasteiger partial charge < -0.3 is 10.1 Å². The van der Waals surface area contributed by atoms with Gasteiger partial charge >= 0.3 is 0 Å². The summed E-state index contributed by atoms with van der Waals surface area (Å²) in [6.07, 6.45) is 6.87. The molecule has 0 unspecified atom stereocenters. The van der Waals surface area contributed by atoms with Crippen molar-refractivity contribution in [2.75, 3.05) is 6.61 Å². The molecule has 0 spiro atoms. The number of benzene rings is 1. The molecule has 0 aliphatic heterocycles. The van der Waals surface area contributed by atoms with Crippen molar-refractivity contribution in [3.63, 3.8) is 0 Å². The van der Waals surface area contributed by atoms with Crippen molar-refractivity contribution in [2.45, 2.75) is 58.2 Å². The first-order chi connectivity index (χ1) is 8.90. The van der Waals surface area contributed by atoms with Crippen LogP contribution in [0.1, 0.15) is 50.2 Å². The van der Waals surface area contributed by atoms with Gasteiger partial charge in [-0.2, -0.15) is 0 Å². The van der Waals surface area contributed by atoms with Gasteiger partial charge in [0.2, 0.25) is 0 Å². The second kappa shape index (κ2) is 7.55. The van der Waals surface area contributed by atoms with Crippen LogP contribution >= 0.6 is 0 Å². The van der Waals surface area contributed by atoms with E-state index in [4.69, 9.17) is 4.74 Å². The van der Waals surface area contributed by atoms with E-state index in [0.717, 1.165) is 25.8 Å². The predicted molar refractivity (Wildman–Crippen MR) is 75.5 cm³/mol. The van der Waals surface area contributed by atoms with E-state index in [1.807, 2.05) is 6.92 Å². The van der Waals surface area contributed by atoms with Crippen molar-refractivity contribution >= 4 is 0 Å². The Kier molecular flexibility index (Phi) is 5.69. The highest BCUT2D eigenvalue weighted by molar-refractivity contribution is 5.26. The van der Waals surface area contributed by atoms with Crippen LogP contribution in [0.25, 0.3) is 0 Å². The summed E-state index contributed by atoms with van der Waals surface area (Å²) in [5.41, 5.74) is 2.71. The maximum absolute atomic E-state index is 5.52. The van der Waals surface area contributed by atoms with Crippen molar-refractivity contribution < 1.29 is 4.74 Å². The Morgan fingerprint density at radius 2 is 1.83 bits per heavy atom. The molecule has 100 valence electrons. The molecule has 0 amide bonds.